The Kier molecular flexibility index (Phi) is 16.1. The van der Waals surface area contributed by atoms with Gasteiger partial charge >= 0.3 is 24.2 Å². The van der Waals surface area contributed by atoms with E-state index in [4.69, 9.17) is 24.9 Å². The second-order valence-electron chi connectivity index (χ2n) is 17.7. The number of carbonyl (C=O) groups excluding carboxylic acids is 6. The summed E-state index contributed by atoms with van der Waals surface area (Å²) in [7, 11) is 3.08. The number of rotatable bonds is 19. The van der Waals surface area contributed by atoms with E-state index in [1.165, 1.54) is 21.4 Å². The normalized spacial score (nSPS) is 15.6. The number of anilines is 1. The van der Waals surface area contributed by atoms with Crippen LogP contribution in [0.3, 0.4) is 0 Å². The number of primary amides is 1. The number of nitrogens with zero attached hydrogens (tertiary/aromatic N) is 4. The summed E-state index contributed by atoms with van der Waals surface area (Å²) in [6, 6.07) is 13.5. The molecule has 7 N–H and O–H groups in total. The number of amides is 6. The van der Waals surface area contributed by atoms with E-state index in [9.17, 15) is 38.7 Å². The Morgan fingerprint density at radius 1 is 0.926 bits per heavy atom. The first kappa shape index (κ1) is 50.4. The van der Waals surface area contributed by atoms with Gasteiger partial charge in [-0.1, -0.05) is 65.0 Å². The molecule has 68 heavy (non-hydrogen) atoms. The van der Waals surface area contributed by atoms with Crippen LogP contribution in [0.25, 0.3) is 22.3 Å². The number of fused-ring (bicyclic) bond motifs is 5. The summed E-state index contributed by atoms with van der Waals surface area (Å²) in [4.78, 5) is 98.1. The third kappa shape index (κ3) is 11.4. The number of nitrogens with one attached hydrogen (secondary N) is 4. The molecule has 364 valence electrons. The number of nitrogens with two attached hydrogens (primary N) is 1. The predicted molar refractivity (Wildman–Crippen MR) is 251 cm³/mol. The van der Waals surface area contributed by atoms with Crippen molar-refractivity contribution in [2.24, 2.45) is 11.7 Å². The predicted octanol–water partition coefficient (Wildman–Crippen LogP) is 3.81. The molecule has 0 spiro atoms. The number of urea groups is 1. The highest BCUT2D eigenvalue weighted by Gasteiger charge is 2.45. The van der Waals surface area contributed by atoms with Gasteiger partial charge in [0.25, 0.3) is 5.56 Å². The van der Waals surface area contributed by atoms with Gasteiger partial charge in [0.15, 0.2) is 5.60 Å². The van der Waals surface area contributed by atoms with E-state index in [1.807, 2.05) is 52.0 Å². The van der Waals surface area contributed by atoms with E-state index in [1.54, 1.807) is 44.3 Å². The second-order valence-corrected chi connectivity index (χ2v) is 17.7. The molecule has 0 bridgehead atoms. The Morgan fingerprint density at radius 2 is 1.59 bits per heavy atom. The molecule has 0 radical (unpaired) electrons. The average molecular weight is 940 g/mol. The van der Waals surface area contributed by atoms with Gasteiger partial charge in [-0.05, 0) is 55.0 Å². The van der Waals surface area contributed by atoms with Crippen molar-refractivity contribution < 1.29 is 48.1 Å². The Balaban J connectivity index is 1.02. The average Bonchev–Trinajstić information content (AvgIpc) is 3.68. The van der Waals surface area contributed by atoms with E-state index >= 15 is 0 Å². The first-order valence-electron chi connectivity index (χ1n) is 22.7. The maximum absolute atomic E-state index is 13.8. The highest BCUT2D eigenvalue weighted by molar-refractivity contribution is 5.98. The molecule has 3 atom stereocenters. The molecule has 0 aliphatic carbocycles. The van der Waals surface area contributed by atoms with Crippen LogP contribution in [0, 0.1) is 5.92 Å². The van der Waals surface area contributed by atoms with Crippen LogP contribution in [0.15, 0.2) is 59.4 Å². The third-order valence-electron chi connectivity index (χ3n) is 12.1. The number of ether oxygens (including phenoxy) is 3. The standard InChI is InChI=1S/C48H61N9O11/c1-8-48(65)35-22-38-40-32(23-57(38)43(60)34(35)26-66-44(48)61)33(31-12-9-10-13-36(31)53-40)25-68-47(64)56(7)21-20-55(6)46(63)67-24-29-15-17-30(18-16-29)52-41(58)37(14-11-19-50-45(49)62)54-42(59)39(27(2)3)51-28(4)5/h9-10,12-13,15-18,22,27-28,37,39,51,65H,8,11,14,19-21,23-26H2,1-7H3,(H,52,58)(H,54,59)(H3,49,50,62)/t37-,39-,48-/m0/s1. The van der Waals surface area contributed by atoms with Gasteiger partial charge in [-0.25, -0.2) is 24.2 Å². The molecule has 4 aromatic rings. The molecule has 20 nitrogen and oxygen atoms in total. The van der Waals surface area contributed by atoms with Gasteiger partial charge in [-0.15, -0.1) is 0 Å². The van der Waals surface area contributed by atoms with Crippen molar-refractivity contribution in [2.75, 3.05) is 39.0 Å². The van der Waals surface area contributed by atoms with Crippen molar-refractivity contribution in [2.45, 2.75) is 104 Å². The Hall–Kier alpha value is -7.06. The summed E-state index contributed by atoms with van der Waals surface area (Å²) < 4.78 is 18.0. The SMILES string of the molecule is CC[C@@]1(O)C(=O)OCc2c1cc1n(c2=O)Cc2c-1nc1ccccc1c2COC(=O)N(C)CCN(C)C(=O)OCc1ccc(NC(=O)[C@H](CCCNC(N)=O)NC(=O)[C@@H](NC(C)C)C(C)C)cc1. The Labute approximate surface area is 393 Å². The number of esters is 1. The van der Waals surface area contributed by atoms with Crippen LogP contribution in [0.2, 0.25) is 0 Å². The van der Waals surface area contributed by atoms with Crippen molar-refractivity contribution >= 4 is 52.6 Å². The van der Waals surface area contributed by atoms with Crippen LogP contribution in [-0.4, -0.2) is 112 Å². The minimum Gasteiger partial charge on any atom is -0.458 e. The zero-order chi connectivity index (χ0) is 49.4. The van der Waals surface area contributed by atoms with Crippen molar-refractivity contribution in [1.82, 2.24) is 35.3 Å². The molecule has 2 aromatic carbocycles. The fourth-order valence-electron chi connectivity index (χ4n) is 8.15. The number of aromatic nitrogens is 2. The minimum atomic E-state index is -1.97. The molecule has 6 rings (SSSR count). The highest BCUT2D eigenvalue weighted by Crippen LogP contribution is 2.40. The van der Waals surface area contributed by atoms with Crippen LogP contribution in [-0.2, 0) is 60.6 Å². The number of aliphatic hydroxyl groups is 1. The zero-order valence-corrected chi connectivity index (χ0v) is 39.5. The molecule has 0 saturated carbocycles. The molecule has 4 heterocycles. The van der Waals surface area contributed by atoms with Crippen molar-refractivity contribution in [1.29, 1.82) is 0 Å². The summed E-state index contributed by atoms with van der Waals surface area (Å²) in [6.07, 6.45) is -0.656. The van der Waals surface area contributed by atoms with Crippen LogP contribution in [0.5, 0.6) is 0 Å². The van der Waals surface area contributed by atoms with E-state index in [0.717, 1.165) is 5.39 Å². The van der Waals surface area contributed by atoms with Gasteiger partial charge in [0.2, 0.25) is 11.8 Å². The number of pyridine rings is 2. The summed E-state index contributed by atoms with van der Waals surface area (Å²) >= 11 is 0. The number of likely N-dealkylation sites (N-methyl/N-ethyl adjacent to an activating group) is 2. The first-order valence-corrected chi connectivity index (χ1v) is 22.7. The second kappa shape index (κ2) is 21.7. The van der Waals surface area contributed by atoms with E-state index < -0.39 is 53.3 Å². The fourth-order valence-corrected chi connectivity index (χ4v) is 8.15. The minimum absolute atomic E-state index is 0.00960. The maximum Gasteiger partial charge on any atom is 0.409 e. The number of cyclic esters (lactones) is 1. The van der Waals surface area contributed by atoms with Gasteiger partial charge in [0.05, 0.1) is 35.1 Å². The monoisotopic (exact) mass is 939 g/mol. The molecule has 2 aliphatic heterocycles. The van der Waals surface area contributed by atoms with Gasteiger partial charge in [0, 0.05) is 67.5 Å². The summed E-state index contributed by atoms with van der Waals surface area (Å²) in [5.74, 6) is -1.62. The number of hydrogen-bond acceptors (Lipinski definition) is 13. The quantitative estimate of drug-likeness (QED) is 0.0391. The molecular formula is C48H61N9O11. The van der Waals surface area contributed by atoms with Crippen LogP contribution < -0.4 is 32.6 Å². The zero-order valence-electron chi connectivity index (χ0n) is 39.5. The van der Waals surface area contributed by atoms with Gasteiger partial charge in [-0.3, -0.25) is 14.4 Å². The van der Waals surface area contributed by atoms with E-state index in [-0.39, 0.29) is 87.8 Å². The summed E-state index contributed by atoms with van der Waals surface area (Å²) in [5, 5.41) is 23.4. The lowest BCUT2D eigenvalue weighted by atomic mass is 9.86. The third-order valence-corrected chi connectivity index (χ3v) is 12.1. The maximum atomic E-state index is 13.8. The lowest BCUT2D eigenvalue weighted by Crippen LogP contribution is -2.54. The smallest absolute Gasteiger partial charge is 0.409 e. The lowest BCUT2D eigenvalue weighted by Gasteiger charge is -2.31. The summed E-state index contributed by atoms with van der Waals surface area (Å²) in [6.45, 7) is 9.42. The Morgan fingerprint density at radius 3 is 2.22 bits per heavy atom. The van der Waals surface area contributed by atoms with Crippen LogP contribution >= 0.6 is 0 Å². The molecule has 2 aliphatic rings. The van der Waals surface area contributed by atoms with Gasteiger partial charge < -0.3 is 60.7 Å². The largest absolute Gasteiger partial charge is 0.458 e. The Bertz CT molecular complexity index is 2620. The van der Waals surface area contributed by atoms with Crippen LogP contribution in [0.1, 0.15) is 81.7 Å². The van der Waals surface area contributed by atoms with E-state index in [0.29, 0.717) is 45.7 Å². The van der Waals surface area contributed by atoms with Gasteiger partial charge in [-0.2, -0.15) is 0 Å². The van der Waals surface area contributed by atoms with Crippen LogP contribution in [0.4, 0.5) is 20.1 Å². The first-order chi connectivity index (χ1) is 32.3. The lowest BCUT2D eigenvalue weighted by molar-refractivity contribution is -0.172. The molecule has 0 saturated heterocycles. The summed E-state index contributed by atoms with van der Waals surface area (Å²) in [5.41, 5.74) is 7.12. The number of carbonyl (C=O) groups is 6. The number of para-hydroxylation sites is 1. The fraction of sp³-hybridized carbons (Fsp3) is 0.458. The van der Waals surface area contributed by atoms with E-state index in [2.05, 4.69) is 21.3 Å². The molecule has 20 heteroatoms. The molecule has 0 fully saturated rings. The molecule has 6 amide bonds. The highest BCUT2D eigenvalue weighted by atomic mass is 16.6. The van der Waals surface area contributed by atoms with Gasteiger partial charge in [0.1, 0.15) is 25.9 Å². The van der Waals surface area contributed by atoms with Crippen molar-refractivity contribution in [3.05, 3.63) is 92.8 Å². The van der Waals surface area contributed by atoms with Crippen molar-refractivity contribution in [3.63, 3.8) is 0 Å². The number of benzene rings is 2. The van der Waals surface area contributed by atoms with Crippen molar-refractivity contribution in [3.8, 4) is 11.4 Å². The molecule has 0 unspecified atom stereocenters. The topological polar surface area (TPSA) is 266 Å². The number of hydrogen-bond donors (Lipinski definition) is 6. The molecule has 2 aromatic heterocycles. The molecular weight excluding hydrogens is 879 g/mol.